The van der Waals surface area contributed by atoms with Crippen LogP contribution in [-0.2, 0) is 0 Å². The van der Waals surface area contributed by atoms with Crippen LogP contribution < -0.4 is 10.1 Å². The van der Waals surface area contributed by atoms with Crippen LogP contribution in [0.4, 0.5) is 10.1 Å². The van der Waals surface area contributed by atoms with Gasteiger partial charge in [0.05, 0.1) is 5.02 Å². The number of ether oxygens (including phenoxy) is 1. The summed E-state index contributed by atoms with van der Waals surface area (Å²) in [4.78, 5) is 0. The summed E-state index contributed by atoms with van der Waals surface area (Å²) in [5.41, 5.74) is 0.963. The molecule has 0 radical (unpaired) electrons. The molecule has 0 aliphatic heterocycles. The largest absolute Gasteiger partial charge is 0.492 e. The summed E-state index contributed by atoms with van der Waals surface area (Å²) >= 11 is 11.4. The zero-order valence-electron chi connectivity index (χ0n) is 10.00. The van der Waals surface area contributed by atoms with Crippen LogP contribution in [0.1, 0.15) is 0 Å². The molecule has 2 aromatic carbocycles. The number of hydrogen-bond acceptors (Lipinski definition) is 2. The summed E-state index contributed by atoms with van der Waals surface area (Å²) in [6.07, 6.45) is 0. The van der Waals surface area contributed by atoms with E-state index in [2.05, 4.69) is 5.32 Å². The van der Waals surface area contributed by atoms with Crippen LogP contribution in [0.5, 0.6) is 5.75 Å². The molecule has 5 heteroatoms. The molecule has 1 N–H and O–H groups in total. The predicted octanol–water partition coefficient (Wildman–Crippen LogP) is 4.62. The van der Waals surface area contributed by atoms with Crippen molar-refractivity contribution in [1.29, 1.82) is 0 Å². The Morgan fingerprint density at radius 1 is 1.05 bits per heavy atom. The number of nitrogens with one attached hydrogen (secondary N) is 1. The standard InChI is InChI=1S/C14H12Cl2FNO/c15-10-1-3-11(4-2-10)18-7-8-19-12-5-6-14(17)13(16)9-12/h1-6,9,18H,7-8H2. The van der Waals surface area contributed by atoms with E-state index in [4.69, 9.17) is 27.9 Å². The van der Waals surface area contributed by atoms with Gasteiger partial charge in [-0.1, -0.05) is 23.2 Å². The average Bonchev–Trinajstić information content (AvgIpc) is 2.41. The SMILES string of the molecule is Fc1ccc(OCCNc2ccc(Cl)cc2)cc1Cl. The molecule has 0 aliphatic rings. The van der Waals surface area contributed by atoms with Crippen molar-refractivity contribution in [2.75, 3.05) is 18.5 Å². The Balaban J connectivity index is 1.77. The summed E-state index contributed by atoms with van der Waals surface area (Å²) in [5.74, 6) is 0.0950. The number of halogens is 3. The van der Waals surface area contributed by atoms with Gasteiger partial charge in [0.2, 0.25) is 0 Å². The fourth-order valence-corrected chi connectivity index (χ4v) is 1.80. The second-order valence-electron chi connectivity index (χ2n) is 3.86. The molecular weight excluding hydrogens is 288 g/mol. The van der Waals surface area contributed by atoms with Gasteiger partial charge in [-0.15, -0.1) is 0 Å². The maximum absolute atomic E-state index is 12.9. The van der Waals surface area contributed by atoms with Crippen LogP contribution in [-0.4, -0.2) is 13.2 Å². The van der Waals surface area contributed by atoms with Crippen molar-refractivity contribution < 1.29 is 9.13 Å². The molecule has 0 saturated heterocycles. The molecule has 19 heavy (non-hydrogen) atoms. The highest BCUT2D eigenvalue weighted by Gasteiger charge is 2.01. The Bertz CT molecular complexity index is 546. The molecule has 0 atom stereocenters. The van der Waals surface area contributed by atoms with Gasteiger partial charge < -0.3 is 10.1 Å². The fourth-order valence-electron chi connectivity index (χ4n) is 1.50. The molecule has 0 fully saturated rings. The van der Waals surface area contributed by atoms with E-state index in [0.29, 0.717) is 23.9 Å². The minimum atomic E-state index is -0.451. The zero-order chi connectivity index (χ0) is 13.7. The van der Waals surface area contributed by atoms with Gasteiger partial charge >= 0.3 is 0 Å². The molecule has 2 rings (SSSR count). The van der Waals surface area contributed by atoms with Gasteiger partial charge in [0, 0.05) is 23.3 Å². The highest BCUT2D eigenvalue weighted by molar-refractivity contribution is 6.31. The smallest absolute Gasteiger partial charge is 0.142 e. The maximum Gasteiger partial charge on any atom is 0.142 e. The number of benzene rings is 2. The molecule has 2 aromatic rings. The van der Waals surface area contributed by atoms with Crippen molar-refractivity contribution in [2.45, 2.75) is 0 Å². The van der Waals surface area contributed by atoms with Gasteiger partial charge in [-0.3, -0.25) is 0 Å². The fraction of sp³-hybridized carbons (Fsp3) is 0.143. The molecule has 0 aliphatic carbocycles. The van der Waals surface area contributed by atoms with Crippen LogP contribution in [0.3, 0.4) is 0 Å². The van der Waals surface area contributed by atoms with Crippen LogP contribution in [0.15, 0.2) is 42.5 Å². The molecule has 2 nitrogen and oxygen atoms in total. The second kappa shape index (κ2) is 6.64. The van der Waals surface area contributed by atoms with E-state index in [0.717, 1.165) is 5.69 Å². The Hall–Kier alpha value is -1.45. The number of hydrogen-bond donors (Lipinski definition) is 1. The van der Waals surface area contributed by atoms with E-state index in [1.54, 1.807) is 6.07 Å². The molecule has 0 aromatic heterocycles. The first-order valence-corrected chi connectivity index (χ1v) is 6.48. The highest BCUT2D eigenvalue weighted by Crippen LogP contribution is 2.21. The van der Waals surface area contributed by atoms with Gasteiger partial charge in [-0.05, 0) is 36.4 Å². The third-order valence-corrected chi connectivity index (χ3v) is 2.98. The monoisotopic (exact) mass is 299 g/mol. The summed E-state index contributed by atoms with van der Waals surface area (Å²) in [5, 5.41) is 3.93. The van der Waals surface area contributed by atoms with Gasteiger partial charge in [-0.25, -0.2) is 4.39 Å². The van der Waals surface area contributed by atoms with Crippen molar-refractivity contribution in [3.05, 3.63) is 58.3 Å². The summed E-state index contributed by atoms with van der Waals surface area (Å²) in [6.45, 7) is 1.07. The molecule has 0 saturated carbocycles. The Morgan fingerprint density at radius 3 is 2.47 bits per heavy atom. The van der Waals surface area contributed by atoms with Crippen LogP contribution in [0.25, 0.3) is 0 Å². The summed E-state index contributed by atoms with van der Waals surface area (Å²) < 4.78 is 18.4. The topological polar surface area (TPSA) is 21.3 Å². The molecule has 0 bridgehead atoms. The normalized spacial score (nSPS) is 10.3. The number of rotatable bonds is 5. The first-order chi connectivity index (χ1) is 9.15. The Labute approximate surface area is 121 Å². The molecular formula is C14H12Cl2FNO. The van der Waals surface area contributed by atoms with Gasteiger partial charge in [0.25, 0.3) is 0 Å². The number of anilines is 1. The van der Waals surface area contributed by atoms with E-state index in [1.165, 1.54) is 12.1 Å². The lowest BCUT2D eigenvalue weighted by molar-refractivity contribution is 0.332. The van der Waals surface area contributed by atoms with E-state index in [-0.39, 0.29) is 5.02 Å². The predicted molar refractivity (Wildman–Crippen MR) is 76.8 cm³/mol. The summed E-state index contributed by atoms with van der Waals surface area (Å²) in [6, 6.07) is 11.7. The van der Waals surface area contributed by atoms with Crippen LogP contribution >= 0.6 is 23.2 Å². The minimum absolute atomic E-state index is 0.0585. The van der Waals surface area contributed by atoms with Gasteiger partial charge in [0.1, 0.15) is 18.2 Å². The summed E-state index contributed by atoms with van der Waals surface area (Å²) in [7, 11) is 0. The van der Waals surface area contributed by atoms with E-state index in [9.17, 15) is 4.39 Å². The Kier molecular flexibility index (Phi) is 4.88. The van der Waals surface area contributed by atoms with Gasteiger partial charge in [0.15, 0.2) is 0 Å². The molecule has 0 spiro atoms. The van der Waals surface area contributed by atoms with Crippen molar-refractivity contribution in [3.63, 3.8) is 0 Å². The third-order valence-electron chi connectivity index (χ3n) is 2.44. The van der Waals surface area contributed by atoms with E-state index < -0.39 is 5.82 Å². The van der Waals surface area contributed by atoms with Crippen LogP contribution in [0, 0.1) is 5.82 Å². The van der Waals surface area contributed by atoms with Gasteiger partial charge in [-0.2, -0.15) is 0 Å². The molecule has 0 heterocycles. The lowest BCUT2D eigenvalue weighted by Gasteiger charge is -2.09. The quantitative estimate of drug-likeness (QED) is 0.813. The lowest BCUT2D eigenvalue weighted by atomic mass is 10.3. The van der Waals surface area contributed by atoms with E-state index in [1.807, 2.05) is 24.3 Å². The molecule has 100 valence electrons. The zero-order valence-corrected chi connectivity index (χ0v) is 11.5. The van der Waals surface area contributed by atoms with Crippen molar-refractivity contribution >= 4 is 28.9 Å². The van der Waals surface area contributed by atoms with Crippen LogP contribution in [0.2, 0.25) is 10.0 Å². The second-order valence-corrected chi connectivity index (χ2v) is 4.70. The average molecular weight is 300 g/mol. The molecule has 0 amide bonds. The van der Waals surface area contributed by atoms with Crippen molar-refractivity contribution in [1.82, 2.24) is 0 Å². The maximum atomic E-state index is 12.9. The first-order valence-electron chi connectivity index (χ1n) is 5.72. The first kappa shape index (κ1) is 14.0. The van der Waals surface area contributed by atoms with Crippen molar-refractivity contribution in [2.24, 2.45) is 0 Å². The third kappa shape index (κ3) is 4.30. The molecule has 0 unspecified atom stereocenters. The van der Waals surface area contributed by atoms with E-state index >= 15 is 0 Å². The lowest BCUT2D eigenvalue weighted by Crippen LogP contribution is -2.11. The highest BCUT2D eigenvalue weighted by atomic mass is 35.5. The van der Waals surface area contributed by atoms with Crippen molar-refractivity contribution in [3.8, 4) is 5.75 Å². The Morgan fingerprint density at radius 2 is 1.79 bits per heavy atom. The minimum Gasteiger partial charge on any atom is -0.492 e.